The topological polar surface area (TPSA) is 9.23 Å². The van der Waals surface area contributed by atoms with Crippen LogP contribution in [0, 0.1) is 5.92 Å². The fourth-order valence-corrected chi connectivity index (χ4v) is 0.435. The largest absolute Gasteiger partial charge is 0.411 e. The second kappa shape index (κ2) is 3.64. The Hall–Kier alpha value is -0.250. The van der Waals surface area contributed by atoms with Gasteiger partial charge < -0.3 is 4.74 Å². The van der Waals surface area contributed by atoms with E-state index in [0.29, 0.717) is 0 Å². The molecule has 0 aliphatic rings. The van der Waals surface area contributed by atoms with Gasteiger partial charge in [-0.2, -0.15) is 13.2 Å². The first-order chi connectivity index (χ1) is 5.15. The van der Waals surface area contributed by atoms with Crippen molar-refractivity contribution in [3.63, 3.8) is 0 Å². The number of hydrogen-bond donors (Lipinski definition) is 0. The van der Waals surface area contributed by atoms with Crippen molar-refractivity contribution in [3.05, 3.63) is 0 Å². The van der Waals surface area contributed by atoms with Crippen molar-refractivity contribution in [2.24, 2.45) is 5.92 Å². The highest BCUT2D eigenvalue weighted by Gasteiger charge is 2.33. The summed E-state index contributed by atoms with van der Waals surface area (Å²) in [5.74, 6) is 0.0693. The molecule has 0 rings (SSSR count). The fraction of sp³-hybridized carbons (Fsp3) is 1.00. The summed E-state index contributed by atoms with van der Waals surface area (Å²) in [5, 5.41) is 0. The maximum atomic E-state index is 11.7. The highest BCUT2D eigenvalue weighted by atomic mass is 19.4. The van der Waals surface area contributed by atoms with Gasteiger partial charge in [0.05, 0.1) is 5.60 Å². The molecule has 0 amide bonds. The van der Waals surface area contributed by atoms with Crippen LogP contribution < -0.4 is 0 Å². The maximum absolute atomic E-state index is 11.7. The number of hydrogen-bond acceptors (Lipinski definition) is 1. The summed E-state index contributed by atoms with van der Waals surface area (Å²) >= 11 is 0. The lowest BCUT2D eigenvalue weighted by molar-refractivity contribution is -0.206. The van der Waals surface area contributed by atoms with Gasteiger partial charge in [-0.3, -0.25) is 0 Å². The first-order valence-electron chi connectivity index (χ1n) is 3.86. The quantitative estimate of drug-likeness (QED) is 0.655. The van der Waals surface area contributed by atoms with Crippen LogP contribution in [0.4, 0.5) is 13.2 Å². The molecule has 0 saturated carbocycles. The molecule has 0 aliphatic heterocycles. The van der Waals surface area contributed by atoms with E-state index in [2.05, 4.69) is 0 Å². The third-order valence-electron chi connectivity index (χ3n) is 2.00. The van der Waals surface area contributed by atoms with E-state index in [0.717, 1.165) is 0 Å². The van der Waals surface area contributed by atoms with Crippen molar-refractivity contribution >= 4 is 0 Å². The van der Waals surface area contributed by atoms with E-state index in [4.69, 9.17) is 4.74 Å². The minimum atomic E-state index is -4.23. The molecule has 4 heteroatoms. The molecular weight excluding hydrogens is 169 g/mol. The smallest absolute Gasteiger partial charge is 0.366 e. The zero-order valence-corrected chi connectivity index (χ0v) is 7.83. The van der Waals surface area contributed by atoms with E-state index in [1.165, 1.54) is 0 Å². The van der Waals surface area contributed by atoms with E-state index in [1.807, 2.05) is 13.8 Å². The third kappa shape index (κ3) is 4.59. The molecule has 0 unspecified atom stereocenters. The van der Waals surface area contributed by atoms with E-state index in [1.54, 1.807) is 13.8 Å². The van der Waals surface area contributed by atoms with Crippen LogP contribution in [0.25, 0.3) is 0 Å². The zero-order chi connectivity index (χ0) is 9.99. The van der Waals surface area contributed by atoms with Gasteiger partial charge in [0.25, 0.3) is 0 Å². The molecule has 74 valence electrons. The Morgan fingerprint density at radius 3 is 1.83 bits per heavy atom. The lowest BCUT2D eigenvalue weighted by Crippen LogP contribution is -2.35. The van der Waals surface area contributed by atoms with Gasteiger partial charge in [-0.05, 0) is 19.8 Å². The van der Waals surface area contributed by atoms with Gasteiger partial charge >= 0.3 is 6.18 Å². The number of ether oxygens (including phenoxy) is 1. The normalized spacial score (nSPS) is 14.0. The maximum Gasteiger partial charge on any atom is 0.411 e. The fourth-order valence-electron chi connectivity index (χ4n) is 0.435. The van der Waals surface area contributed by atoms with E-state index in [-0.39, 0.29) is 5.92 Å². The van der Waals surface area contributed by atoms with Gasteiger partial charge in [0.15, 0.2) is 0 Å². The van der Waals surface area contributed by atoms with Crippen molar-refractivity contribution in [2.45, 2.75) is 39.5 Å². The molecule has 0 N–H and O–H groups in total. The molecule has 0 aromatic rings. The number of alkyl halides is 3. The monoisotopic (exact) mass is 184 g/mol. The van der Waals surface area contributed by atoms with Crippen LogP contribution in [0.5, 0.6) is 0 Å². The summed E-state index contributed by atoms with van der Waals surface area (Å²) in [5.41, 5.74) is -0.713. The van der Waals surface area contributed by atoms with Crippen LogP contribution in [0.1, 0.15) is 27.7 Å². The summed E-state index contributed by atoms with van der Waals surface area (Å²) in [6.45, 7) is 5.80. The van der Waals surface area contributed by atoms with Gasteiger partial charge in [-0.1, -0.05) is 13.8 Å². The predicted molar refractivity (Wildman–Crippen MR) is 40.9 cm³/mol. The second-order valence-electron chi connectivity index (χ2n) is 3.66. The average Bonchev–Trinajstić information content (AvgIpc) is 1.82. The van der Waals surface area contributed by atoms with Crippen molar-refractivity contribution in [2.75, 3.05) is 6.61 Å². The predicted octanol–water partition coefficient (Wildman–Crippen LogP) is 3.00. The molecule has 0 atom stereocenters. The van der Waals surface area contributed by atoms with E-state index in [9.17, 15) is 13.2 Å². The Labute approximate surface area is 70.9 Å². The van der Waals surface area contributed by atoms with Crippen molar-refractivity contribution in [1.82, 2.24) is 0 Å². The summed E-state index contributed by atoms with van der Waals surface area (Å²) in [6.07, 6.45) is -4.23. The van der Waals surface area contributed by atoms with Gasteiger partial charge in [-0.15, -0.1) is 0 Å². The van der Waals surface area contributed by atoms with Crippen LogP contribution in [-0.4, -0.2) is 18.4 Å². The highest BCUT2D eigenvalue weighted by Crippen LogP contribution is 2.24. The Balaban J connectivity index is 3.93. The molecule has 0 saturated heterocycles. The molecule has 0 radical (unpaired) electrons. The Kier molecular flexibility index (Phi) is 3.57. The molecule has 0 fully saturated rings. The summed E-state index contributed by atoms with van der Waals surface area (Å²) in [4.78, 5) is 0. The SMILES string of the molecule is CC(C)C(C)(C)OCC(F)(F)F. The van der Waals surface area contributed by atoms with E-state index >= 15 is 0 Å². The van der Waals surface area contributed by atoms with Crippen molar-refractivity contribution in [3.8, 4) is 0 Å². The van der Waals surface area contributed by atoms with Crippen LogP contribution in [-0.2, 0) is 4.74 Å². The molecule has 12 heavy (non-hydrogen) atoms. The Morgan fingerprint density at radius 2 is 1.58 bits per heavy atom. The zero-order valence-electron chi connectivity index (χ0n) is 7.83. The van der Waals surface area contributed by atoms with Crippen LogP contribution >= 0.6 is 0 Å². The first kappa shape index (κ1) is 11.8. The van der Waals surface area contributed by atoms with Gasteiger partial charge in [-0.25, -0.2) is 0 Å². The van der Waals surface area contributed by atoms with Crippen molar-refractivity contribution < 1.29 is 17.9 Å². The molecule has 0 heterocycles. The summed E-state index contributed by atoms with van der Waals surface area (Å²) < 4.78 is 39.9. The first-order valence-corrected chi connectivity index (χ1v) is 3.86. The Bertz CT molecular complexity index is 138. The molecule has 0 bridgehead atoms. The number of rotatable bonds is 3. The van der Waals surface area contributed by atoms with Gasteiger partial charge in [0.1, 0.15) is 6.61 Å². The second-order valence-corrected chi connectivity index (χ2v) is 3.66. The molecular formula is C8H15F3O. The number of halogens is 3. The standard InChI is InChI=1S/C8H15F3O/c1-6(2)7(3,4)12-5-8(9,10)11/h6H,5H2,1-4H3. The highest BCUT2D eigenvalue weighted by molar-refractivity contribution is 4.73. The lowest BCUT2D eigenvalue weighted by Gasteiger charge is -2.29. The van der Waals surface area contributed by atoms with Crippen molar-refractivity contribution in [1.29, 1.82) is 0 Å². The molecule has 0 spiro atoms. The van der Waals surface area contributed by atoms with E-state index < -0.39 is 18.4 Å². The summed E-state index contributed by atoms with van der Waals surface area (Å²) in [7, 11) is 0. The molecule has 0 aliphatic carbocycles. The minimum Gasteiger partial charge on any atom is -0.366 e. The lowest BCUT2D eigenvalue weighted by atomic mass is 9.95. The minimum absolute atomic E-state index is 0.0693. The molecule has 0 aromatic carbocycles. The van der Waals surface area contributed by atoms with Gasteiger partial charge in [0, 0.05) is 0 Å². The van der Waals surface area contributed by atoms with Gasteiger partial charge in [0.2, 0.25) is 0 Å². The molecule has 0 aromatic heterocycles. The van der Waals surface area contributed by atoms with Crippen LogP contribution in [0.2, 0.25) is 0 Å². The van der Waals surface area contributed by atoms with Crippen LogP contribution in [0.15, 0.2) is 0 Å². The third-order valence-corrected chi connectivity index (χ3v) is 2.00. The molecule has 1 nitrogen and oxygen atoms in total. The average molecular weight is 184 g/mol. The summed E-state index contributed by atoms with van der Waals surface area (Å²) in [6, 6.07) is 0. The Morgan fingerprint density at radius 1 is 1.17 bits per heavy atom. The van der Waals surface area contributed by atoms with Crippen LogP contribution in [0.3, 0.4) is 0 Å².